The van der Waals surface area contributed by atoms with Crippen molar-refractivity contribution in [2.75, 3.05) is 11.9 Å². The Balaban J connectivity index is 1.56. The summed E-state index contributed by atoms with van der Waals surface area (Å²) >= 11 is 2.75. The quantitative estimate of drug-likeness (QED) is 0.470. The number of anilines is 1. The zero-order valence-electron chi connectivity index (χ0n) is 15.3. The minimum absolute atomic E-state index is 0.0527. The van der Waals surface area contributed by atoms with Gasteiger partial charge in [0.05, 0.1) is 10.2 Å². The molecule has 8 heteroatoms. The molecule has 0 spiro atoms. The fourth-order valence-corrected chi connectivity index (χ4v) is 4.05. The summed E-state index contributed by atoms with van der Waals surface area (Å²) < 4.78 is 33.2. The van der Waals surface area contributed by atoms with Gasteiger partial charge in [0.1, 0.15) is 18.0 Å². The molecule has 1 aliphatic rings. The Morgan fingerprint density at radius 2 is 1.60 bits per heavy atom. The lowest BCUT2D eigenvalue weighted by Gasteiger charge is -2.16. The topological polar surface area (TPSA) is 75.6 Å². The van der Waals surface area contributed by atoms with Crippen molar-refractivity contribution in [1.29, 1.82) is 0 Å². The minimum atomic E-state index is -1.72. The van der Waals surface area contributed by atoms with Gasteiger partial charge in [-0.1, -0.05) is 48.5 Å². The van der Waals surface area contributed by atoms with Crippen LogP contribution in [0.15, 0.2) is 59.1 Å². The highest BCUT2D eigenvalue weighted by molar-refractivity contribution is 9.10. The third kappa shape index (κ3) is 3.43. The van der Waals surface area contributed by atoms with Crippen molar-refractivity contribution in [3.63, 3.8) is 0 Å². The van der Waals surface area contributed by atoms with Gasteiger partial charge in [-0.05, 0) is 44.3 Å². The number of hydrogen-bond donors (Lipinski definition) is 2. The molecule has 30 heavy (non-hydrogen) atoms. The lowest BCUT2D eigenvalue weighted by molar-refractivity contribution is 0.0692. The predicted octanol–water partition coefficient (Wildman–Crippen LogP) is 5.79. The van der Waals surface area contributed by atoms with Crippen molar-refractivity contribution >= 4 is 33.7 Å². The minimum Gasteiger partial charge on any atom is -0.478 e. The van der Waals surface area contributed by atoms with E-state index in [2.05, 4.69) is 15.9 Å². The van der Waals surface area contributed by atoms with Crippen LogP contribution in [-0.4, -0.2) is 23.8 Å². The Bertz CT molecular complexity index is 1140. The summed E-state index contributed by atoms with van der Waals surface area (Å²) in [6, 6.07) is 16.2. The zero-order chi connectivity index (χ0) is 21.4. The molecular weight excluding hydrogens is 460 g/mol. The lowest BCUT2D eigenvalue weighted by Crippen LogP contribution is -2.21. The molecule has 0 saturated heterocycles. The van der Waals surface area contributed by atoms with Crippen LogP contribution in [0.3, 0.4) is 0 Å². The second kappa shape index (κ2) is 7.87. The highest BCUT2D eigenvalue weighted by Crippen LogP contribution is 2.44. The molecular formula is C22H14BrF2NO4. The number of nitrogens with one attached hydrogen (secondary N) is 1. The molecule has 0 atom stereocenters. The van der Waals surface area contributed by atoms with Gasteiger partial charge in [-0.2, -0.15) is 0 Å². The second-order valence-corrected chi connectivity index (χ2v) is 7.51. The van der Waals surface area contributed by atoms with Crippen LogP contribution in [0, 0.1) is 11.6 Å². The monoisotopic (exact) mass is 473 g/mol. The molecule has 0 bridgehead atoms. The van der Waals surface area contributed by atoms with E-state index in [0.29, 0.717) is 0 Å². The first-order chi connectivity index (χ1) is 14.4. The Labute approximate surface area is 178 Å². The van der Waals surface area contributed by atoms with Gasteiger partial charge in [-0.25, -0.2) is 18.4 Å². The van der Waals surface area contributed by atoms with Gasteiger partial charge < -0.3 is 9.84 Å². The Morgan fingerprint density at radius 1 is 1.03 bits per heavy atom. The van der Waals surface area contributed by atoms with Crippen molar-refractivity contribution in [1.82, 2.24) is 0 Å². The van der Waals surface area contributed by atoms with E-state index in [-0.39, 0.29) is 17.0 Å². The number of aromatic carboxylic acids is 1. The fourth-order valence-electron chi connectivity index (χ4n) is 3.65. The van der Waals surface area contributed by atoms with Crippen LogP contribution in [0.4, 0.5) is 19.3 Å². The van der Waals surface area contributed by atoms with Crippen molar-refractivity contribution in [3.05, 3.63) is 87.4 Å². The summed E-state index contributed by atoms with van der Waals surface area (Å²) in [4.78, 5) is 23.6. The molecule has 0 aliphatic heterocycles. The standard InChI is InChI=1S/C22H14BrF2NO4/c23-16-9-17(24)20(18(19(16)25)21(27)28)26-22(29)30-10-15-13-7-3-1-5-11(13)12-6-2-4-8-14(12)15/h1-9,15H,10H2,(H,26,29)(H,27,28). The van der Waals surface area contributed by atoms with Gasteiger partial charge in [0.25, 0.3) is 0 Å². The normalized spacial score (nSPS) is 12.2. The Hall–Kier alpha value is -3.26. The molecule has 152 valence electrons. The summed E-state index contributed by atoms with van der Waals surface area (Å²) in [7, 11) is 0. The molecule has 3 aromatic carbocycles. The number of ether oxygens (including phenoxy) is 1. The summed E-state index contributed by atoms with van der Waals surface area (Å²) in [6.07, 6.45) is -1.08. The summed E-state index contributed by atoms with van der Waals surface area (Å²) in [6.45, 7) is -0.0527. The molecule has 1 amide bonds. The lowest BCUT2D eigenvalue weighted by atomic mass is 9.98. The maximum absolute atomic E-state index is 14.2. The van der Waals surface area contributed by atoms with Crippen LogP contribution in [0.2, 0.25) is 0 Å². The number of carbonyl (C=O) groups excluding carboxylic acids is 1. The van der Waals surface area contributed by atoms with Crippen LogP contribution in [0.5, 0.6) is 0 Å². The average molecular weight is 474 g/mol. The molecule has 3 aromatic rings. The zero-order valence-corrected chi connectivity index (χ0v) is 16.9. The summed E-state index contributed by atoms with van der Waals surface area (Å²) in [5.74, 6) is -4.25. The molecule has 0 radical (unpaired) electrons. The van der Waals surface area contributed by atoms with Crippen molar-refractivity contribution < 1.29 is 28.2 Å². The maximum atomic E-state index is 14.2. The first-order valence-corrected chi connectivity index (χ1v) is 9.70. The van der Waals surface area contributed by atoms with Crippen molar-refractivity contribution in [2.24, 2.45) is 0 Å². The summed E-state index contributed by atoms with van der Waals surface area (Å²) in [5.41, 5.74) is 2.26. The third-order valence-corrected chi connectivity index (χ3v) is 5.53. The smallest absolute Gasteiger partial charge is 0.411 e. The molecule has 0 unspecified atom stereocenters. The molecule has 4 rings (SSSR count). The highest BCUT2D eigenvalue weighted by Gasteiger charge is 2.30. The van der Waals surface area contributed by atoms with Crippen molar-refractivity contribution in [2.45, 2.75) is 5.92 Å². The molecule has 5 nitrogen and oxygen atoms in total. The van der Waals surface area contributed by atoms with Crippen LogP contribution in [0.1, 0.15) is 27.4 Å². The van der Waals surface area contributed by atoms with E-state index < -0.39 is 34.9 Å². The molecule has 2 N–H and O–H groups in total. The Kier molecular flexibility index (Phi) is 5.26. The molecule has 1 aliphatic carbocycles. The average Bonchev–Trinajstić information content (AvgIpc) is 3.04. The number of carboxylic acid groups (broad SMARTS) is 1. The summed E-state index contributed by atoms with van der Waals surface area (Å²) in [5, 5.41) is 11.2. The number of hydrogen-bond acceptors (Lipinski definition) is 3. The van der Waals surface area contributed by atoms with E-state index in [1.165, 1.54) is 0 Å². The number of rotatable bonds is 4. The third-order valence-electron chi connectivity index (χ3n) is 4.96. The SMILES string of the molecule is O=C(Nc1c(F)cc(Br)c(F)c1C(=O)O)OCC1c2ccccc2-c2ccccc21. The largest absolute Gasteiger partial charge is 0.478 e. The molecule has 0 fully saturated rings. The second-order valence-electron chi connectivity index (χ2n) is 6.66. The van der Waals surface area contributed by atoms with E-state index in [1.807, 2.05) is 53.8 Å². The van der Waals surface area contributed by atoms with Crippen molar-refractivity contribution in [3.8, 4) is 11.1 Å². The van der Waals surface area contributed by atoms with Crippen LogP contribution >= 0.6 is 15.9 Å². The first kappa shape index (κ1) is 20.0. The van der Waals surface area contributed by atoms with Gasteiger partial charge in [0.2, 0.25) is 0 Å². The van der Waals surface area contributed by atoms with E-state index in [4.69, 9.17) is 4.74 Å². The van der Waals surface area contributed by atoms with Crippen LogP contribution < -0.4 is 5.32 Å². The van der Waals surface area contributed by atoms with Gasteiger partial charge in [-0.3, -0.25) is 5.32 Å². The number of amides is 1. The predicted molar refractivity (Wildman–Crippen MR) is 110 cm³/mol. The van der Waals surface area contributed by atoms with E-state index in [9.17, 15) is 23.5 Å². The number of fused-ring (bicyclic) bond motifs is 3. The Morgan fingerprint density at radius 3 is 2.17 bits per heavy atom. The van der Waals surface area contributed by atoms with E-state index in [0.717, 1.165) is 28.3 Å². The van der Waals surface area contributed by atoms with Crippen LogP contribution in [-0.2, 0) is 4.74 Å². The van der Waals surface area contributed by atoms with Crippen LogP contribution in [0.25, 0.3) is 11.1 Å². The fraction of sp³-hybridized carbons (Fsp3) is 0.0909. The highest BCUT2D eigenvalue weighted by atomic mass is 79.9. The van der Waals surface area contributed by atoms with Gasteiger partial charge in [-0.15, -0.1) is 0 Å². The van der Waals surface area contributed by atoms with Gasteiger partial charge >= 0.3 is 12.1 Å². The van der Waals surface area contributed by atoms with Gasteiger partial charge in [0.15, 0.2) is 5.82 Å². The molecule has 0 heterocycles. The number of benzene rings is 3. The molecule has 0 aromatic heterocycles. The first-order valence-electron chi connectivity index (χ1n) is 8.91. The molecule has 0 saturated carbocycles. The number of carbonyl (C=O) groups is 2. The van der Waals surface area contributed by atoms with Gasteiger partial charge in [0, 0.05) is 5.92 Å². The number of halogens is 3. The maximum Gasteiger partial charge on any atom is 0.411 e. The van der Waals surface area contributed by atoms with E-state index >= 15 is 0 Å². The number of carboxylic acids is 1. The van der Waals surface area contributed by atoms with E-state index in [1.54, 1.807) is 0 Å².